The Balaban J connectivity index is 2.02. The fraction of sp³-hybridized carbons (Fsp3) is 0.591. The second-order valence-corrected chi connectivity index (χ2v) is 8.58. The minimum Gasteiger partial charge on any atom is -0.462 e. The Morgan fingerprint density at radius 2 is 1.93 bits per heavy atom. The van der Waals surface area contributed by atoms with E-state index in [1.54, 1.807) is 43.0 Å². The average Bonchev–Trinajstić information content (AvgIpc) is 2.71. The first-order valence-electron chi connectivity index (χ1n) is 10.3. The molecule has 1 atom stereocenters. The largest absolute Gasteiger partial charge is 0.462 e. The number of ether oxygens (including phenoxy) is 1. The van der Waals surface area contributed by atoms with Crippen molar-refractivity contribution in [1.29, 1.82) is 0 Å². The molecule has 0 heterocycles. The van der Waals surface area contributed by atoms with Gasteiger partial charge >= 0.3 is 5.97 Å². The van der Waals surface area contributed by atoms with Crippen LogP contribution in [0.25, 0.3) is 0 Å². The highest BCUT2D eigenvalue weighted by Gasteiger charge is 2.28. The van der Waals surface area contributed by atoms with Crippen LogP contribution in [-0.4, -0.2) is 42.4 Å². The van der Waals surface area contributed by atoms with Crippen LogP contribution in [-0.2, 0) is 14.3 Å². The molecule has 0 spiro atoms. The molecule has 2 N–H and O–H groups in total. The molecule has 0 bridgehead atoms. The van der Waals surface area contributed by atoms with Gasteiger partial charge in [0.1, 0.15) is 6.04 Å². The molecule has 1 aliphatic carbocycles. The number of hydrogen-bond acceptors (Lipinski definition) is 5. The summed E-state index contributed by atoms with van der Waals surface area (Å²) < 4.78 is 5.00. The molecule has 1 saturated carbocycles. The summed E-state index contributed by atoms with van der Waals surface area (Å²) in [6, 6.07) is 6.05. The van der Waals surface area contributed by atoms with E-state index in [0.29, 0.717) is 23.6 Å². The molecule has 1 fully saturated rings. The Kier molecular flexibility index (Phi) is 9.51. The predicted molar refractivity (Wildman–Crippen MR) is 117 cm³/mol. The maximum absolute atomic E-state index is 12.8. The third kappa shape index (κ3) is 7.38. The van der Waals surface area contributed by atoms with Gasteiger partial charge in [0.2, 0.25) is 11.8 Å². The lowest BCUT2D eigenvalue weighted by Gasteiger charge is -2.27. The van der Waals surface area contributed by atoms with E-state index < -0.39 is 12.0 Å². The Morgan fingerprint density at radius 3 is 2.59 bits per heavy atom. The first kappa shape index (κ1) is 23.3. The van der Waals surface area contributed by atoms with Crippen LogP contribution < -0.4 is 10.6 Å². The van der Waals surface area contributed by atoms with E-state index in [9.17, 15) is 14.4 Å². The Morgan fingerprint density at radius 1 is 1.21 bits per heavy atom. The van der Waals surface area contributed by atoms with Gasteiger partial charge in [0.25, 0.3) is 0 Å². The van der Waals surface area contributed by atoms with E-state index in [1.165, 1.54) is 0 Å². The molecule has 1 aliphatic rings. The number of thioether (sulfide) groups is 1. The summed E-state index contributed by atoms with van der Waals surface area (Å²) in [6.45, 7) is 4.25. The monoisotopic (exact) mass is 420 g/mol. The standard InChI is InChI=1S/C22H32N2O4S/c1-4-28-22(27)17-6-5-7-18(14-17)23-21(26)19(12-13-29-3)24-20(25)16-10-8-15(2)9-11-16/h5-7,14-16,19H,4,8-13H2,1-3H3,(H,23,26)(H,24,25)/t15?,16?,19-/m1/s1. The second-order valence-electron chi connectivity index (χ2n) is 7.59. The van der Waals surface area contributed by atoms with Crippen molar-refractivity contribution in [3.05, 3.63) is 29.8 Å². The van der Waals surface area contributed by atoms with Gasteiger partial charge in [-0.1, -0.05) is 13.0 Å². The van der Waals surface area contributed by atoms with Crippen molar-refractivity contribution in [3.63, 3.8) is 0 Å². The molecular weight excluding hydrogens is 388 g/mol. The lowest BCUT2D eigenvalue weighted by atomic mass is 9.82. The minimum absolute atomic E-state index is 0.0112. The molecule has 1 aromatic rings. The van der Waals surface area contributed by atoms with E-state index in [0.717, 1.165) is 31.4 Å². The van der Waals surface area contributed by atoms with Crippen LogP contribution in [0.5, 0.6) is 0 Å². The molecule has 1 aromatic carbocycles. The van der Waals surface area contributed by atoms with Crippen LogP contribution in [0.1, 0.15) is 56.3 Å². The number of carbonyl (C=O) groups excluding carboxylic acids is 3. The molecule has 2 rings (SSSR count). The van der Waals surface area contributed by atoms with Crippen LogP contribution in [0.2, 0.25) is 0 Å². The highest BCUT2D eigenvalue weighted by atomic mass is 32.2. The third-order valence-electron chi connectivity index (χ3n) is 5.27. The van der Waals surface area contributed by atoms with E-state index in [1.807, 2.05) is 6.26 Å². The van der Waals surface area contributed by atoms with E-state index in [-0.39, 0.29) is 24.3 Å². The second kappa shape index (κ2) is 11.9. The number of nitrogens with one attached hydrogen (secondary N) is 2. The Bertz CT molecular complexity index is 702. The van der Waals surface area contributed by atoms with Crippen molar-refractivity contribution in [2.24, 2.45) is 11.8 Å². The summed E-state index contributed by atoms with van der Waals surface area (Å²) in [5.74, 6) is 0.700. The molecule has 7 heteroatoms. The normalized spacial score (nSPS) is 19.8. The summed E-state index contributed by atoms with van der Waals surface area (Å²) in [7, 11) is 0. The Labute approximate surface area is 177 Å². The lowest BCUT2D eigenvalue weighted by Crippen LogP contribution is -2.46. The molecule has 2 amide bonds. The summed E-state index contributed by atoms with van der Waals surface area (Å²) in [4.78, 5) is 37.4. The fourth-order valence-corrected chi connectivity index (χ4v) is 3.96. The number of rotatable bonds is 9. The molecule has 160 valence electrons. The fourth-order valence-electron chi connectivity index (χ4n) is 3.48. The number of hydrogen-bond donors (Lipinski definition) is 2. The SMILES string of the molecule is CCOC(=O)c1cccc(NC(=O)[C@@H](CCSC)NC(=O)C2CCC(C)CC2)c1. The third-order valence-corrected chi connectivity index (χ3v) is 5.92. The molecule has 0 saturated heterocycles. The molecule has 0 radical (unpaired) electrons. The molecule has 0 aromatic heterocycles. The zero-order valence-electron chi connectivity index (χ0n) is 17.5. The van der Waals surface area contributed by atoms with Gasteiger partial charge in [-0.25, -0.2) is 4.79 Å². The van der Waals surface area contributed by atoms with Crippen molar-refractivity contribution in [1.82, 2.24) is 5.32 Å². The van der Waals surface area contributed by atoms with Crippen molar-refractivity contribution in [3.8, 4) is 0 Å². The molecule has 29 heavy (non-hydrogen) atoms. The maximum Gasteiger partial charge on any atom is 0.338 e. The summed E-state index contributed by atoms with van der Waals surface area (Å²) >= 11 is 1.64. The zero-order valence-corrected chi connectivity index (χ0v) is 18.3. The van der Waals surface area contributed by atoms with Gasteiger partial charge in [0.15, 0.2) is 0 Å². The van der Waals surface area contributed by atoms with Crippen LogP contribution in [0, 0.1) is 11.8 Å². The van der Waals surface area contributed by atoms with Crippen molar-refractivity contribution in [2.45, 2.75) is 52.0 Å². The van der Waals surface area contributed by atoms with Gasteiger partial charge in [0, 0.05) is 11.6 Å². The van der Waals surface area contributed by atoms with Gasteiger partial charge in [-0.3, -0.25) is 9.59 Å². The van der Waals surface area contributed by atoms with Gasteiger partial charge < -0.3 is 15.4 Å². The molecule has 0 aliphatic heterocycles. The average molecular weight is 421 g/mol. The minimum atomic E-state index is -0.597. The van der Waals surface area contributed by atoms with E-state index in [4.69, 9.17) is 4.74 Å². The van der Waals surface area contributed by atoms with Gasteiger partial charge in [-0.15, -0.1) is 0 Å². The van der Waals surface area contributed by atoms with Crippen LogP contribution in [0.4, 0.5) is 5.69 Å². The number of amides is 2. The zero-order chi connectivity index (χ0) is 21.2. The highest BCUT2D eigenvalue weighted by molar-refractivity contribution is 7.98. The van der Waals surface area contributed by atoms with Crippen LogP contribution in [0.3, 0.4) is 0 Å². The van der Waals surface area contributed by atoms with Crippen LogP contribution >= 0.6 is 11.8 Å². The maximum atomic E-state index is 12.8. The number of anilines is 1. The first-order chi connectivity index (χ1) is 13.9. The molecule has 0 unspecified atom stereocenters. The molecule has 6 nitrogen and oxygen atoms in total. The number of benzene rings is 1. The Hall–Kier alpha value is -2.02. The van der Waals surface area contributed by atoms with Crippen LogP contribution in [0.15, 0.2) is 24.3 Å². The summed E-state index contributed by atoms with van der Waals surface area (Å²) in [5, 5.41) is 5.79. The highest BCUT2D eigenvalue weighted by Crippen LogP contribution is 2.28. The summed E-state index contributed by atoms with van der Waals surface area (Å²) in [6.07, 6.45) is 6.40. The predicted octanol–water partition coefficient (Wildman–Crippen LogP) is 3.87. The molecular formula is C22H32N2O4S. The van der Waals surface area contributed by atoms with Crippen molar-refractivity contribution >= 4 is 35.2 Å². The number of esters is 1. The van der Waals surface area contributed by atoms with E-state index >= 15 is 0 Å². The lowest BCUT2D eigenvalue weighted by molar-refractivity contribution is -0.130. The van der Waals surface area contributed by atoms with Crippen molar-refractivity contribution < 1.29 is 19.1 Å². The van der Waals surface area contributed by atoms with E-state index in [2.05, 4.69) is 17.6 Å². The smallest absolute Gasteiger partial charge is 0.338 e. The summed E-state index contributed by atoms with van der Waals surface area (Å²) in [5.41, 5.74) is 0.890. The topological polar surface area (TPSA) is 84.5 Å². The number of carbonyl (C=O) groups is 3. The quantitative estimate of drug-likeness (QED) is 0.593. The first-order valence-corrected chi connectivity index (χ1v) is 11.7. The van der Waals surface area contributed by atoms with Crippen molar-refractivity contribution in [2.75, 3.05) is 23.9 Å². The van der Waals surface area contributed by atoms with Gasteiger partial charge in [0.05, 0.1) is 12.2 Å². The van der Waals surface area contributed by atoms with Gasteiger partial charge in [-0.05, 0) is 75.2 Å². The van der Waals surface area contributed by atoms with Gasteiger partial charge in [-0.2, -0.15) is 11.8 Å².